The van der Waals surface area contributed by atoms with Gasteiger partial charge in [-0.25, -0.2) is 0 Å². The number of unbranched alkanes of at least 4 members (excludes halogenated alkanes) is 10. The standard InChI is InChI=1S/C50H66Br2O8S2/c1-7-9-11-13-15-17-19-61-25-39-43(53)31-21-32(44(39)54)28(4)36-24-38(50(60)42(52)48(36)58)30(6)34-22-33(29(5)37-23-35(27(31)3)47(57)41(51)49(37)59)45(55)40(46(34)56)26-62-20-18-16-14-12-10-8-2/h21-24,27-30,53-60H,7-20,25-26H2,1-6H3. The monoisotopic (exact) mass is 1020 g/mol. The highest BCUT2D eigenvalue weighted by molar-refractivity contribution is 9.11. The van der Waals surface area contributed by atoms with Crippen LogP contribution in [-0.4, -0.2) is 52.4 Å². The van der Waals surface area contributed by atoms with E-state index < -0.39 is 23.7 Å². The van der Waals surface area contributed by atoms with Crippen molar-refractivity contribution in [2.45, 2.75) is 154 Å². The average Bonchev–Trinajstić information content (AvgIpc) is 3.25. The van der Waals surface area contributed by atoms with Crippen LogP contribution < -0.4 is 0 Å². The van der Waals surface area contributed by atoms with Crippen LogP contribution in [0.2, 0.25) is 0 Å². The van der Waals surface area contributed by atoms with Crippen LogP contribution in [0.15, 0.2) is 33.2 Å². The second kappa shape index (κ2) is 22.7. The first kappa shape index (κ1) is 49.9. The topological polar surface area (TPSA) is 162 Å². The molecule has 8 N–H and O–H groups in total. The van der Waals surface area contributed by atoms with E-state index in [0.717, 1.165) is 37.2 Å². The predicted octanol–water partition coefficient (Wildman–Crippen LogP) is 15.0. The van der Waals surface area contributed by atoms with Crippen LogP contribution in [-0.2, 0) is 11.5 Å². The fourth-order valence-corrected chi connectivity index (χ4v) is 11.7. The Balaban J connectivity index is 1.71. The van der Waals surface area contributed by atoms with E-state index in [1.807, 2.05) is 27.7 Å². The Hall–Kier alpha value is -3.06. The van der Waals surface area contributed by atoms with Crippen LogP contribution in [0, 0.1) is 0 Å². The fraction of sp³-hybridized carbons (Fsp3) is 0.520. The molecule has 0 fully saturated rings. The van der Waals surface area contributed by atoms with E-state index >= 15 is 0 Å². The maximum Gasteiger partial charge on any atom is 0.137 e. The summed E-state index contributed by atoms with van der Waals surface area (Å²) in [5, 5.41) is 94.9. The number of fused-ring (bicyclic) bond motifs is 8. The minimum atomic E-state index is -0.673. The van der Waals surface area contributed by atoms with Gasteiger partial charge in [-0.05, 0) is 80.5 Å². The van der Waals surface area contributed by atoms with Crippen molar-refractivity contribution in [3.63, 3.8) is 0 Å². The second-order valence-corrected chi connectivity index (χ2v) is 20.9. The molecule has 5 rings (SSSR count). The number of aromatic hydroxyl groups is 8. The molecule has 0 amide bonds. The number of phenolic OH excluding ortho intramolecular Hbond substituents is 8. The van der Waals surface area contributed by atoms with Crippen LogP contribution >= 0.6 is 55.4 Å². The SMILES string of the molecule is CCCCCCCCSCc1c(O)c2cc(c1O)C(C)c1cc(c(O)c(Br)c1O)C(C)c1cc(c(O)c(CSCCCCCCCC)c1O)C(C)c1cc(c(O)c(Br)c1O)C2C. The minimum Gasteiger partial charge on any atom is -0.507 e. The molecule has 0 aliphatic heterocycles. The quantitative estimate of drug-likeness (QED) is 0.0451. The van der Waals surface area contributed by atoms with Crippen molar-refractivity contribution in [3.8, 4) is 46.0 Å². The number of hydrogen-bond acceptors (Lipinski definition) is 10. The molecule has 0 saturated carbocycles. The van der Waals surface area contributed by atoms with Gasteiger partial charge in [-0.2, -0.15) is 23.5 Å². The Kier molecular flexibility index (Phi) is 18.3. The van der Waals surface area contributed by atoms with Crippen molar-refractivity contribution in [1.82, 2.24) is 0 Å². The van der Waals surface area contributed by atoms with Gasteiger partial charge in [0.2, 0.25) is 0 Å². The van der Waals surface area contributed by atoms with Gasteiger partial charge in [-0.1, -0.05) is 106 Å². The first-order valence-corrected chi connectivity index (χ1v) is 26.3. The molecule has 1 aliphatic rings. The smallest absolute Gasteiger partial charge is 0.137 e. The minimum absolute atomic E-state index is 0.0580. The summed E-state index contributed by atoms with van der Waals surface area (Å²) in [5.41, 5.74) is 4.01. The van der Waals surface area contributed by atoms with E-state index in [-0.39, 0.29) is 54.9 Å². The van der Waals surface area contributed by atoms with Gasteiger partial charge >= 0.3 is 0 Å². The van der Waals surface area contributed by atoms with Crippen LogP contribution in [0.3, 0.4) is 0 Å². The molecule has 8 nitrogen and oxygen atoms in total. The van der Waals surface area contributed by atoms with E-state index in [9.17, 15) is 40.9 Å². The van der Waals surface area contributed by atoms with Crippen LogP contribution in [0.4, 0.5) is 0 Å². The van der Waals surface area contributed by atoms with Crippen LogP contribution in [0.5, 0.6) is 46.0 Å². The van der Waals surface area contributed by atoms with Crippen molar-refractivity contribution < 1.29 is 40.9 Å². The van der Waals surface area contributed by atoms with E-state index in [1.165, 1.54) is 51.4 Å². The summed E-state index contributed by atoms with van der Waals surface area (Å²) < 4.78 is 0.116. The number of phenols is 8. The van der Waals surface area contributed by atoms with Gasteiger partial charge in [-0.15, -0.1) is 0 Å². The molecule has 0 heterocycles. The lowest BCUT2D eigenvalue weighted by Gasteiger charge is -2.28. The van der Waals surface area contributed by atoms with E-state index in [2.05, 4.69) is 45.7 Å². The molecule has 4 atom stereocenters. The van der Waals surface area contributed by atoms with Crippen LogP contribution in [0.1, 0.15) is 198 Å². The maximum absolute atomic E-state index is 12.1. The van der Waals surface area contributed by atoms with E-state index in [0.29, 0.717) is 67.1 Å². The zero-order chi connectivity index (χ0) is 45.4. The van der Waals surface area contributed by atoms with Crippen molar-refractivity contribution in [1.29, 1.82) is 0 Å². The Morgan fingerprint density at radius 2 is 0.597 bits per heavy atom. The number of hydrogen-bond donors (Lipinski definition) is 8. The third-order valence-corrected chi connectivity index (χ3v) is 16.6. The highest BCUT2D eigenvalue weighted by atomic mass is 79.9. The number of rotatable bonds is 18. The zero-order valence-electron chi connectivity index (χ0n) is 37.1. The molecule has 4 aromatic rings. The average molecular weight is 1020 g/mol. The molecule has 4 aromatic carbocycles. The first-order chi connectivity index (χ1) is 29.6. The normalized spacial score (nSPS) is 17.4. The lowest BCUT2D eigenvalue weighted by molar-refractivity contribution is 0.422. The Labute approximate surface area is 393 Å². The zero-order valence-corrected chi connectivity index (χ0v) is 41.9. The molecular weight excluding hydrogens is 952 g/mol. The fourth-order valence-electron chi connectivity index (χ4n) is 8.77. The van der Waals surface area contributed by atoms with Crippen molar-refractivity contribution in [2.75, 3.05) is 11.5 Å². The van der Waals surface area contributed by atoms with Gasteiger partial charge in [0.1, 0.15) is 54.9 Å². The summed E-state index contributed by atoms with van der Waals surface area (Å²) in [7, 11) is 0. The Morgan fingerprint density at radius 3 is 0.855 bits per heavy atom. The first-order valence-electron chi connectivity index (χ1n) is 22.4. The van der Waals surface area contributed by atoms with E-state index in [4.69, 9.17) is 0 Å². The molecule has 1 aliphatic carbocycles. The van der Waals surface area contributed by atoms with Crippen LogP contribution in [0.25, 0.3) is 0 Å². The number of halogens is 2. The number of thioether (sulfide) groups is 2. The predicted molar refractivity (Wildman–Crippen MR) is 264 cm³/mol. The molecule has 0 saturated heterocycles. The summed E-state index contributed by atoms with van der Waals surface area (Å²) in [5.74, 6) is -1.63. The van der Waals surface area contributed by atoms with Crippen molar-refractivity contribution >= 4 is 55.4 Å². The lowest BCUT2D eigenvalue weighted by Crippen LogP contribution is -2.09. The summed E-state index contributed by atoms with van der Waals surface area (Å²) in [6, 6.07) is 6.79. The van der Waals surface area contributed by atoms with Crippen molar-refractivity contribution in [2.24, 2.45) is 0 Å². The third kappa shape index (κ3) is 10.7. The van der Waals surface area contributed by atoms with E-state index in [1.54, 1.807) is 47.8 Å². The molecule has 4 unspecified atom stereocenters. The van der Waals surface area contributed by atoms with Gasteiger partial charge < -0.3 is 40.9 Å². The molecule has 62 heavy (non-hydrogen) atoms. The Bertz CT molecular complexity index is 1920. The van der Waals surface area contributed by atoms with Gasteiger partial charge in [0.25, 0.3) is 0 Å². The maximum atomic E-state index is 12.1. The summed E-state index contributed by atoms with van der Waals surface area (Å²) in [4.78, 5) is 0. The van der Waals surface area contributed by atoms with Gasteiger partial charge in [0.15, 0.2) is 0 Å². The molecule has 340 valence electrons. The molecule has 0 radical (unpaired) electrons. The highest BCUT2D eigenvalue weighted by Gasteiger charge is 2.33. The van der Waals surface area contributed by atoms with Gasteiger partial charge in [-0.3, -0.25) is 0 Å². The highest BCUT2D eigenvalue weighted by Crippen LogP contribution is 2.55. The largest absolute Gasteiger partial charge is 0.507 e. The molecular formula is C50H66Br2O8S2. The molecule has 0 aromatic heterocycles. The molecule has 12 heteroatoms. The summed E-state index contributed by atoms with van der Waals surface area (Å²) in [6.45, 7) is 11.8. The Morgan fingerprint density at radius 1 is 0.371 bits per heavy atom. The number of benzene rings is 4. The molecule has 0 spiro atoms. The summed E-state index contributed by atoms with van der Waals surface area (Å²) in [6.07, 6.45) is 13.8. The third-order valence-electron chi connectivity index (χ3n) is 12.9. The van der Waals surface area contributed by atoms with Gasteiger partial charge in [0.05, 0.1) is 0 Å². The lowest BCUT2D eigenvalue weighted by atomic mass is 9.79. The summed E-state index contributed by atoms with van der Waals surface area (Å²) >= 11 is 10.1. The second-order valence-electron chi connectivity index (χ2n) is 17.1. The van der Waals surface area contributed by atoms with Crippen molar-refractivity contribution in [3.05, 3.63) is 88.8 Å². The van der Waals surface area contributed by atoms with Gasteiger partial charge in [0, 0.05) is 90.8 Å². The molecule has 8 bridgehead atoms.